The van der Waals surface area contributed by atoms with Crippen molar-refractivity contribution < 1.29 is 36.2 Å². The fourth-order valence-corrected chi connectivity index (χ4v) is 1.51. The van der Waals surface area contributed by atoms with Crippen LogP contribution in [0.15, 0.2) is 6.07 Å². The van der Waals surface area contributed by atoms with Crippen LogP contribution < -0.4 is 10.5 Å². The second kappa shape index (κ2) is 6.66. The molecule has 118 valence electrons. The Kier molecular flexibility index (Phi) is 5.41. The minimum atomic E-state index is -5.17. The van der Waals surface area contributed by atoms with Gasteiger partial charge in [0, 0.05) is 6.54 Å². The lowest BCUT2D eigenvalue weighted by Gasteiger charge is -2.17. The number of esters is 1. The first-order chi connectivity index (χ1) is 9.67. The van der Waals surface area contributed by atoms with Crippen molar-refractivity contribution in [1.29, 1.82) is 0 Å². The van der Waals surface area contributed by atoms with E-state index in [-0.39, 0.29) is 5.69 Å². The summed E-state index contributed by atoms with van der Waals surface area (Å²) < 4.78 is 70.4. The average Bonchev–Trinajstić information content (AvgIpc) is 2.37. The minimum absolute atomic E-state index is 0.188. The lowest BCUT2D eigenvalue weighted by atomic mass is 10.1. The molecule has 1 aromatic rings. The number of halogens is 5. The van der Waals surface area contributed by atoms with E-state index in [9.17, 15) is 26.7 Å². The summed E-state index contributed by atoms with van der Waals surface area (Å²) in [4.78, 5) is 14.7. The molecule has 10 heteroatoms. The highest BCUT2D eigenvalue weighted by atomic mass is 19.4. The number of pyridine rings is 1. The van der Waals surface area contributed by atoms with Crippen LogP contribution in [0, 0.1) is 0 Å². The Morgan fingerprint density at radius 3 is 2.48 bits per heavy atom. The first-order valence-electron chi connectivity index (χ1n) is 5.51. The number of hydrogen-bond acceptors (Lipinski definition) is 5. The van der Waals surface area contributed by atoms with Crippen molar-refractivity contribution in [3.05, 3.63) is 23.0 Å². The number of nitrogens with zero attached hydrogens (tertiary/aromatic N) is 1. The summed E-state index contributed by atoms with van der Waals surface area (Å²) in [5, 5.41) is 0. The Labute approximate surface area is 115 Å². The topological polar surface area (TPSA) is 74.4 Å². The summed E-state index contributed by atoms with van der Waals surface area (Å²) in [5.41, 5.74) is 3.45. The second-order valence-electron chi connectivity index (χ2n) is 3.78. The van der Waals surface area contributed by atoms with Crippen LogP contribution in [-0.4, -0.2) is 24.4 Å². The van der Waals surface area contributed by atoms with Crippen molar-refractivity contribution in [1.82, 2.24) is 4.98 Å². The van der Waals surface area contributed by atoms with Crippen LogP contribution in [0.5, 0.6) is 5.75 Å². The molecule has 0 fully saturated rings. The maximum atomic E-state index is 12.9. The predicted octanol–water partition coefficient (Wildman–Crippen LogP) is 2.09. The van der Waals surface area contributed by atoms with Gasteiger partial charge >= 0.3 is 12.3 Å². The van der Waals surface area contributed by atoms with E-state index < -0.39 is 48.7 Å². The molecule has 0 aromatic carbocycles. The molecule has 0 aliphatic heterocycles. The molecule has 0 atom stereocenters. The lowest BCUT2D eigenvalue weighted by Crippen LogP contribution is -2.21. The van der Waals surface area contributed by atoms with Gasteiger partial charge in [-0.3, -0.25) is 9.78 Å². The van der Waals surface area contributed by atoms with Crippen molar-refractivity contribution in [2.75, 3.05) is 7.11 Å². The Balaban J connectivity index is 3.32. The van der Waals surface area contributed by atoms with Gasteiger partial charge in [0.25, 0.3) is 6.43 Å². The molecule has 0 radical (unpaired) electrons. The average molecular weight is 314 g/mol. The van der Waals surface area contributed by atoms with Crippen LogP contribution in [0.2, 0.25) is 0 Å². The van der Waals surface area contributed by atoms with Gasteiger partial charge in [0.15, 0.2) is 5.75 Å². The van der Waals surface area contributed by atoms with E-state index in [0.717, 1.165) is 7.11 Å². The van der Waals surface area contributed by atoms with Crippen LogP contribution in [-0.2, 0) is 22.5 Å². The van der Waals surface area contributed by atoms with E-state index in [1.54, 1.807) is 0 Å². The first-order valence-corrected chi connectivity index (χ1v) is 5.51. The Morgan fingerprint density at radius 1 is 1.43 bits per heavy atom. The van der Waals surface area contributed by atoms with Gasteiger partial charge in [-0.05, 0) is 6.07 Å². The lowest BCUT2D eigenvalue weighted by molar-refractivity contribution is -0.275. The molecule has 0 aliphatic carbocycles. The van der Waals surface area contributed by atoms with E-state index >= 15 is 0 Å². The first kappa shape index (κ1) is 17.1. The number of carbonyl (C=O) groups is 1. The normalized spacial score (nSPS) is 11.6. The number of aromatic nitrogens is 1. The van der Waals surface area contributed by atoms with Crippen LogP contribution in [0.1, 0.15) is 23.4 Å². The van der Waals surface area contributed by atoms with Gasteiger partial charge in [0.05, 0.1) is 30.5 Å². The Morgan fingerprint density at radius 2 is 2.05 bits per heavy atom. The third kappa shape index (κ3) is 4.81. The van der Waals surface area contributed by atoms with Crippen molar-refractivity contribution in [3.63, 3.8) is 0 Å². The van der Waals surface area contributed by atoms with Gasteiger partial charge in [0.1, 0.15) is 0 Å². The SMILES string of the molecule is COC(=O)Cc1cc(C(F)F)c(OC(F)(F)F)c(CN)n1. The summed E-state index contributed by atoms with van der Waals surface area (Å²) in [7, 11) is 1.07. The fourth-order valence-electron chi connectivity index (χ4n) is 1.51. The number of hydrogen-bond donors (Lipinski definition) is 1. The Hall–Kier alpha value is -1.97. The summed E-state index contributed by atoms with van der Waals surface area (Å²) in [6, 6.07) is 0.655. The van der Waals surface area contributed by atoms with Gasteiger partial charge in [0.2, 0.25) is 0 Å². The molecule has 0 aliphatic rings. The molecule has 0 amide bonds. The third-order valence-electron chi connectivity index (χ3n) is 2.32. The second-order valence-corrected chi connectivity index (χ2v) is 3.78. The molecule has 0 unspecified atom stereocenters. The molecular weight excluding hydrogens is 303 g/mol. The number of carbonyl (C=O) groups excluding carboxylic acids is 1. The number of ether oxygens (including phenoxy) is 2. The zero-order chi connectivity index (χ0) is 16.2. The van der Waals surface area contributed by atoms with E-state index in [2.05, 4.69) is 14.5 Å². The van der Waals surface area contributed by atoms with Crippen LogP contribution in [0.25, 0.3) is 0 Å². The minimum Gasteiger partial charge on any atom is -0.469 e. The van der Waals surface area contributed by atoms with Crippen molar-refractivity contribution in [3.8, 4) is 5.75 Å². The monoisotopic (exact) mass is 314 g/mol. The van der Waals surface area contributed by atoms with E-state index in [4.69, 9.17) is 5.73 Å². The van der Waals surface area contributed by atoms with E-state index in [1.807, 2.05) is 0 Å². The van der Waals surface area contributed by atoms with Gasteiger partial charge in [-0.1, -0.05) is 0 Å². The van der Waals surface area contributed by atoms with Crippen molar-refractivity contribution in [2.24, 2.45) is 5.73 Å². The molecule has 2 N–H and O–H groups in total. The van der Waals surface area contributed by atoms with Crippen LogP contribution in [0.4, 0.5) is 22.0 Å². The molecule has 0 spiro atoms. The number of rotatable bonds is 5. The Bertz CT molecular complexity index is 519. The molecule has 1 rings (SSSR count). The predicted molar refractivity (Wildman–Crippen MR) is 59.5 cm³/mol. The summed E-state index contributed by atoms with van der Waals surface area (Å²) in [6.07, 6.45) is -8.90. The van der Waals surface area contributed by atoms with E-state index in [0.29, 0.717) is 6.07 Å². The van der Waals surface area contributed by atoms with E-state index in [1.165, 1.54) is 0 Å². The smallest absolute Gasteiger partial charge is 0.469 e. The van der Waals surface area contributed by atoms with Crippen LogP contribution >= 0.6 is 0 Å². The van der Waals surface area contributed by atoms with Crippen molar-refractivity contribution >= 4 is 5.97 Å². The highest BCUT2D eigenvalue weighted by Crippen LogP contribution is 2.35. The molecule has 0 saturated heterocycles. The third-order valence-corrected chi connectivity index (χ3v) is 2.32. The van der Waals surface area contributed by atoms with Crippen molar-refractivity contribution in [2.45, 2.75) is 25.8 Å². The quantitative estimate of drug-likeness (QED) is 0.665. The van der Waals surface area contributed by atoms with Gasteiger partial charge in [-0.15, -0.1) is 13.2 Å². The maximum absolute atomic E-state index is 12.9. The highest BCUT2D eigenvalue weighted by molar-refractivity contribution is 5.72. The molecular formula is C11H11F5N2O3. The molecule has 0 bridgehead atoms. The van der Waals surface area contributed by atoms with Gasteiger partial charge in [-0.25, -0.2) is 8.78 Å². The maximum Gasteiger partial charge on any atom is 0.573 e. The van der Waals surface area contributed by atoms with Crippen LogP contribution in [0.3, 0.4) is 0 Å². The summed E-state index contributed by atoms with van der Waals surface area (Å²) in [5.74, 6) is -1.93. The molecule has 1 aromatic heterocycles. The van der Waals surface area contributed by atoms with Gasteiger partial charge < -0.3 is 15.2 Å². The zero-order valence-corrected chi connectivity index (χ0v) is 10.7. The number of alkyl halides is 5. The molecule has 21 heavy (non-hydrogen) atoms. The zero-order valence-electron chi connectivity index (χ0n) is 10.7. The number of methoxy groups -OCH3 is 1. The largest absolute Gasteiger partial charge is 0.573 e. The molecule has 5 nitrogen and oxygen atoms in total. The summed E-state index contributed by atoms with van der Waals surface area (Å²) >= 11 is 0. The molecule has 1 heterocycles. The fraction of sp³-hybridized carbons (Fsp3) is 0.455. The standard InChI is InChI=1S/C11H11F5N2O3/c1-20-8(19)3-5-2-6(10(12)13)9(7(4-17)18-5)21-11(14,15)16/h2,10H,3-4,17H2,1H3. The highest BCUT2D eigenvalue weighted by Gasteiger charge is 2.35. The van der Waals surface area contributed by atoms with Gasteiger partial charge in [-0.2, -0.15) is 0 Å². The summed E-state index contributed by atoms with van der Waals surface area (Å²) in [6.45, 7) is -0.569. The number of nitrogens with two attached hydrogens (primary N) is 1. The molecule has 0 saturated carbocycles.